The number of amides is 1. The number of anilines is 1. The van der Waals surface area contributed by atoms with E-state index in [0.717, 1.165) is 29.2 Å². The van der Waals surface area contributed by atoms with Crippen LogP contribution in [0.5, 0.6) is 5.75 Å². The molecule has 1 aromatic rings. The van der Waals surface area contributed by atoms with Gasteiger partial charge in [0.25, 0.3) is 0 Å². The van der Waals surface area contributed by atoms with Gasteiger partial charge in [-0.3, -0.25) is 4.79 Å². The number of nitrogens with one attached hydrogen (secondary N) is 1. The molecule has 0 radical (unpaired) electrons. The fourth-order valence-electron chi connectivity index (χ4n) is 5.85. The molecule has 23 heavy (non-hydrogen) atoms. The van der Waals surface area contributed by atoms with Gasteiger partial charge < -0.3 is 10.1 Å². The molecule has 4 bridgehead atoms. The van der Waals surface area contributed by atoms with Gasteiger partial charge in [0.2, 0.25) is 5.91 Å². The van der Waals surface area contributed by atoms with Crippen LogP contribution in [0.1, 0.15) is 51.9 Å². The molecule has 0 spiro atoms. The zero-order chi connectivity index (χ0) is 15.9. The first-order valence-electron chi connectivity index (χ1n) is 9.17. The Morgan fingerprint density at radius 3 is 2.17 bits per heavy atom. The summed E-state index contributed by atoms with van der Waals surface area (Å²) in [5, 5.41) is 3.09. The topological polar surface area (TPSA) is 38.3 Å². The van der Waals surface area contributed by atoms with Gasteiger partial charge in [0.15, 0.2) is 0 Å². The van der Waals surface area contributed by atoms with E-state index in [-0.39, 0.29) is 5.91 Å². The van der Waals surface area contributed by atoms with Gasteiger partial charge in [0.1, 0.15) is 5.75 Å². The van der Waals surface area contributed by atoms with E-state index in [1.54, 1.807) is 0 Å². The third-order valence-corrected chi connectivity index (χ3v) is 6.15. The maximum Gasteiger partial charge on any atom is 0.224 e. The Kier molecular flexibility index (Phi) is 3.82. The van der Waals surface area contributed by atoms with E-state index in [1.165, 1.54) is 38.5 Å². The van der Waals surface area contributed by atoms with Gasteiger partial charge in [-0.15, -0.1) is 0 Å². The minimum atomic E-state index is 0.191. The summed E-state index contributed by atoms with van der Waals surface area (Å²) in [7, 11) is 0. The second-order valence-corrected chi connectivity index (χ2v) is 8.10. The van der Waals surface area contributed by atoms with Crippen LogP contribution in [-0.2, 0) is 4.79 Å². The highest BCUT2D eigenvalue weighted by molar-refractivity contribution is 5.91. The third kappa shape index (κ3) is 3.11. The van der Waals surface area contributed by atoms with Gasteiger partial charge in [0.05, 0.1) is 6.61 Å². The van der Waals surface area contributed by atoms with E-state index in [1.807, 2.05) is 31.2 Å². The highest BCUT2D eigenvalue weighted by Gasteiger charge is 2.51. The fourth-order valence-corrected chi connectivity index (χ4v) is 5.85. The fraction of sp³-hybridized carbons (Fsp3) is 0.650. The summed E-state index contributed by atoms with van der Waals surface area (Å²) in [5.74, 6) is 3.75. The number of carbonyl (C=O) groups excluding carboxylic acids is 1. The van der Waals surface area contributed by atoms with Gasteiger partial charge in [0, 0.05) is 12.1 Å². The number of rotatable bonds is 5. The van der Waals surface area contributed by atoms with Crippen molar-refractivity contribution in [2.24, 2.45) is 23.2 Å². The SMILES string of the molecule is CCOc1ccc(NC(=O)CC23CC4CC(CC(C4)C2)C3)cc1. The molecule has 1 aromatic carbocycles. The first kappa shape index (κ1) is 15.0. The van der Waals surface area contributed by atoms with Gasteiger partial charge in [-0.2, -0.15) is 0 Å². The van der Waals surface area contributed by atoms with Crippen molar-refractivity contribution in [1.29, 1.82) is 0 Å². The summed E-state index contributed by atoms with van der Waals surface area (Å²) < 4.78 is 5.44. The van der Waals surface area contributed by atoms with Crippen LogP contribution in [0.4, 0.5) is 5.69 Å². The van der Waals surface area contributed by atoms with Crippen molar-refractivity contribution in [2.75, 3.05) is 11.9 Å². The molecule has 0 aliphatic heterocycles. The van der Waals surface area contributed by atoms with Crippen LogP contribution in [0, 0.1) is 23.2 Å². The zero-order valence-corrected chi connectivity index (χ0v) is 14.0. The molecule has 124 valence electrons. The molecule has 0 heterocycles. The quantitative estimate of drug-likeness (QED) is 0.860. The second kappa shape index (κ2) is 5.85. The molecule has 0 saturated heterocycles. The van der Waals surface area contributed by atoms with Gasteiger partial charge in [-0.25, -0.2) is 0 Å². The largest absolute Gasteiger partial charge is 0.494 e. The number of benzene rings is 1. The highest BCUT2D eigenvalue weighted by Crippen LogP contribution is 2.61. The lowest BCUT2D eigenvalue weighted by Crippen LogP contribution is -2.47. The van der Waals surface area contributed by atoms with Crippen LogP contribution in [0.2, 0.25) is 0 Å². The third-order valence-electron chi connectivity index (χ3n) is 6.15. The molecule has 4 aliphatic carbocycles. The summed E-state index contributed by atoms with van der Waals surface area (Å²) in [6.45, 7) is 2.64. The maximum absolute atomic E-state index is 12.6. The van der Waals surface area contributed by atoms with E-state index >= 15 is 0 Å². The smallest absolute Gasteiger partial charge is 0.224 e. The summed E-state index contributed by atoms with van der Waals surface area (Å²) >= 11 is 0. The molecule has 1 amide bonds. The number of ether oxygens (including phenoxy) is 1. The number of carbonyl (C=O) groups is 1. The second-order valence-electron chi connectivity index (χ2n) is 8.10. The molecule has 3 nitrogen and oxygen atoms in total. The van der Waals surface area contributed by atoms with E-state index < -0.39 is 0 Å². The van der Waals surface area contributed by atoms with Crippen molar-refractivity contribution in [2.45, 2.75) is 51.9 Å². The van der Waals surface area contributed by atoms with Crippen molar-refractivity contribution < 1.29 is 9.53 Å². The Morgan fingerprint density at radius 1 is 1.09 bits per heavy atom. The standard InChI is InChI=1S/C20H27NO2/c1-2-23-18-5-3-17(4-6-18)21-19(22)13-20-10-14-7-15(11-20)9-16(8-14)12-20/h3-6,14-16H,2,7-13H2,1H3,(H,21,22). The minimum absolute atomic E-state index is 0.191. The maximum atomic E-state index is 12.6. The average Bonchev–Trinajstić information content (AvgIpc) is 2.47. The molecule has 1 N–H and O–H groups in total. The molecular formula is C20H27NO2. The lowest BCUT2D eigenvalue weighted by Gasteiger charge is -2.56. The molecule has 3 heteroatoms. The molecule has 4 aliphatic rings. The predicted octanol–water partition coefficient (Wildman–Crippen LogP) is 4.63. The lowest BCUT2D eigenvalue weighted by molar-refractivity contribution is -0.124. The van der Waals surface area contributed by atoms with Gasteiger partial charge in [-0.05, 0) is 92.9 Å². The molecule has 4 saturated carbocycles. The van der Waals surface area contributed by atoms with Crippen LogP contribution in [0.15, 0.2) is 24.3 Å². The van der Waals surface area contributed by atoms with E-state index in [2.05, 4.69) is 5.32 Å². The van der Waals surface area contributed by atoms with Crippen LogP contribution in [0.25, 0.3) is 0 Å². The molecule has 0 unspecified atom stereocenters. The Morgan fingerprint density at radius 2 is 1.65 bits per heavy atom. The summed E-state index contributed by atoms with van der Waals surface area (Å²) in [5.41, 5.74) is 1.19. The van der Waals surface area contributed by atoms with E-state index in [4.69, 9.17) is 4.74 Å². The predicted molar refractivity (Wildman–Crippen MR) is 91.5 cm³/mol. The minimum Gasteiger partial charge on any atom is -0.494 e. The average molecular weight is 313 g/mol. The van der Waals surface area contributed by atoms with Crippen molar-refractivity contribution in [3.8, 4) is 5.75 Å². The molecule has 0 atom stereocenters. The molecule has 0 aromatic heterocycles. The van der Waals surface area contributed by atoms with E-state index in [9.17, 15) is 4.79 Å². The van der Waals surface area contributed by atoms with Crippen molar-refractivity contribution in [1.82, 2.24) is 0 Å². The van der Waals surface area contributed by atoms with Crippen LogP contribution in [0.3, 0.4) is 0 Å². The van der Waals surface area contributed by atoms with Crippen LogP contribution < -0.4 is 10.1 Å². The Balaban J connectivity index is 1.38. The van der Waals surface area contributed by atoms with Gasteiger partial charge >= 0.3 is 0 Å². The van der Waals surface area contributed by atoms with Crippen molar-refractivity contribution >= 4 is 11.6 Å². The first-order chi connectivity index (χ1) is 11.1. The monoisotopic (exact) mass is 313 g/mol. The van der Waals surface area contributed by atoms with Crippen LogP contribution >= 0.6 is 0 Å². The normalized spacial score (nSPS) is 34.4. The Bertz CT molecular complexity index is 543. The van der Waals surface area contributed by atoms with Crippen molar-refractivity contribution in [3.05, 3.63) is 24.3 Å². The Hall–Kier alpha value is -1.51. The van der Waals surface area contributed by atoms with Crippen molar-refractivity contribution in [3.63, 3.8) is 0 Å². The number of hydrogen-bond donors (Lipinski definition) is 1. The van der Waals surface area contributed by atoms with Crippen LogP contribution in [-0.4, -0.2) is 12.5 Å². The van der Waals surface area contributed by atoms with E-state index in [0.29, 0.717) is 18.4 Å². The zero-order valence-electron chi connectivity index (χ0n) is 14.0. The summed E-state index contributed by atoms with van der Waals surface area (Å²) in [4.78, 5) is 12.6. The summed E-state index contributed by atoms with van der Waals surface area (Å²) in [6, 6.07) is 7.71. The first-order valence-corrected chi connectivity index (χ1v) is 9.17. The molecule has 5 rings (SSSR count). The highest BCUT2D eigenvalue weighted by atomic mass is 16.5. The molecular weight excluding hydrogens is 286 g/mol. The molecule has 4 fully saturated rings. The lowest BCUT2D eigenvalue weighted by atomic mass is 9.49. The Labute approximate surface area is 138 Å². The number of hydrogen-bond acceptors (Lipinski definition) is 2. The summed E-state index contributed by atoms with van der Waals surface area (Å²) in [6.07, 6.45) is 8.87. The van der Waals surface area contributed by atoms with Gasteiger partial charge in [-0.1, -0.05) is 0 Å².